The van der Waals surface area contributed by atoms with Gasteiger partial charge in [0.2, 0.25) is 0 Å². The van der Waals surface area contributed by atoms with E-state index in [1.807, 2.05) is 110 Å². The van der Waals surface area contributed by atoms with Crippen molar-refractivity contribution in [2.75, 3.05) is 5.43 Å². The van der Waals surface area contributed by atoms with Gasteiger partial charge in [0, 0.05) is 39.6 Å². The van der Waals surface area contributed by atoms with Crippen molar-refractivity contribution in [2.24, 2.45) is 5.84 Å². The SMILES string of the molecule is C.C.CC(=O)c1ccccc1.Cc1ccc2cc(-c3ccccc3)[nH]c2c1.Cc1cccc(NN)c1.O=[N+]([O-])c1cccc2[nH]c(-c3ccccc3)cc12.[Cl][Zn][Cl]. The Labute approximate surface area is 351 Å². The molecule has 0 aliphatic heterocycles. The second-order valence-corrected chi connectivity index (χ2v) is 16.8. The quantitative estimate of drug-likeness (QED) is 0.0450. The van der Waals surface area contributed by atoms with Crippen molar-refractivity contribution >= 4 is 58.3 Å². The van der Waals surface area contributed by atoms with Gasteiger partial charge in [-0.15, -0.1) is 0 Å². The first-order chi connectivity index (χ1) is 26.6. The van der Waals surface area contributed by atoms with Crippen molar-refractivity contribution < 1.29 is 24.9 Å². The summed E-state index contributed by atoms with van der Waals surface area (Å²) >= 11 is -0.931. The third kappa shape index (κ3) is 14.8. The summed E-state index contributed by atoms with van der Waals surface area (Å²) in [6.45, 7) is 5.71. The number of Topliss-reactive ketones (excluding diaryl/α,β-unsaturated/α-hetero) is 1. The fourth-order valence-electron chi connectivity index (χ4n) is 5.49. The second-order valence-electron chi connectivity index (χ2n) is 12.2. The number of anilines is 1. The van der Waals surface area contributed by atoms with Crippen LogP contribution < -0.4 is 11.3 Å². The molecule has 0 amide bonds. The number of nitro benzene ring substituents is 1. The third-order valence-corrected chi connectivity index (χ3v) is 8.15. The average Bonchev–Trinajstić information content (AvgIpc) is 3.85. The van der Waals surface area contributed by atoms with Crippen LogP contribution in [0.2, 0.25) is 0 Å². The molecule has 0 aliphatic rings. The maximum absolute atomic E-state index is 11.0. The van der Waals surface area contributed by atoms with E-state index in [1.165, 1.54) is 39.4 Å². The second kappa shape index (κ2) is 24.8. The van der Waals surface area contributed by atoms with Gasteiger partial charge < -0.3 is 15.4 Å². The zero-order valence-electron chi connectivity index (χ0n) is 30.8. The van der Waals surface area contributed by atoms with Gasteiger partial charge in [0.25, 0.3) is 5.69 Å². The van der Waals surface area contributed by atoms with Crippen molar-refractivity contribution in [1.82, 2.24) is 9.97 Å². The van der Waals surface area contributed by atoms with Crippen molar-refractivity contribution in [3.63, 3.8) is 0 Å². The molecule has 57 heavy (non-hydrogen) atoms. The fraction of sp³-hybridized carbons (Fsp3) is 0.109. The molecule has 8 aromatic rings. The van der Waals surface area contributed by atoms with Gasteiger partial charge in [-0.25, -0.2) is 0 Å². The Hall–Kier alpha value is -5.57. The number of carbonyl (C=O) groups is 1. The van der Waals surface area contributed by atoms with Gasteiger partial charge in [0.15, 0.2) is 5.78 Å². The topological polar surface area (TPSA) is 130 Å². The van der Waals surface area contributed by atoms with Crippen LogP contribution in [0.1, 0.15) is 43.3 Å². The summed E-state index contributed by atoms with van der Waals surface area (Å²) in [6.07, 6.45) is 0. The molecule has 0 saturated carbocycles. The number of ketones is 1. The van der Waals surface area contributed by atoms with E-state index in [0.29, 0.717) is 5.39 Å². The van der Waals surface area contributed by atoms with Gasteiger partial charge in [-0.2, -0.15) is 0 Å². The van der Waals surface area contributed by atoms with Crippen LogP contribution in [-0.2, 0) is 15.1 Å². The number of nitrogens with two attached hydrogens (primary N) is 1. The summed E-state index contributed by atoms with van der Waals surface area (Å²) in [7, 11) is 9.90. The molecule has 5 N–H and O–H groups in total. The van der Waals surface area contributed by atoms with Gasteiger partial charge in [0.05, 0.1) is 15.8 Å². The van der Waals surface area contributed by atoms with Gasteiger partial charge in [0.1, 0.15) is 0 Å². The van der Waals surface area contributed by atoms with Crippen molar-refractivity contribution in [3.05, 3.63) is 191 Å². The normalized spacial score (nSPS) is 9.44. The molecule has 0 fully saturated rings. The number of nitrogen functional groups attached to an aromatic ring is 1. The molecular weight excluding hydrogens is 807 g/mol. The molecular formula is C46H49Cl2N5O3Zn. The molecule has 0 bridgehead atoms. The zero-order valence-corrected chi connectivity index (χ0v) is 35.3. The number of carbonyl (C=O) groups excluding carboxylic acids is 1. The first kappa shape index (κ1) is 47.6. The van der Waals surface area contributed by atoms with Crippen molar-refractivity contribution in [2.45, 2.75) is 35.6 Å². The van der Waals surface area contributed by atoms with E-state index in [-0.39, 0.29) is 31.2 Å². The van der Waals surface area contributed by atoms with Crippen LogP contribution in [0.3, 0.4) is 0 Å². The van der Waals surface area contributed by atoms with E-state index in [2.05, 4.69) is 70.8 Å². The number of aryl methyl sites for hydroxylation is 2. The Morgan fingerprint density at radius 1 is 0.649 bits per heavy atom. The number of hydrogen-bond donors (Lipinski definition) is 4. The van der Waals surface area contributed by atoms with Crippen LogP contribution >= 0.6 is 19.4 Å². The molecule has 292 valence electrons. The summed E-state index contributed by atoms with van der Waals surface area (Å²) in [4.78, 5) is 27.9. The van der Waals surface area contributed by atoms with Crippen LogP contribution in [-0.4, -0.2) is 20.7 Å². The Morgan fingerprint density at radius 2 is 1.16 bits per heavy atom. The van der Waals surface area contributed by atoms with E-state index >= 15 is 0 Å². The van der Waals surface area contributed by atoms with Gasteiger partial charge in [-0.3, -0.25) is 20.8 Å². The predicted octanol–water partition coefficient (Wildman–Crippen LogP) is 13.7. The monoisotopic (exact) mass is 853 g/mol. The first-order valence-electron chi connectivity index (χ1n) is 17.3. The van der Waals surface area contributed by atoms with Crippen molar-refractivity contribution in [3.8, 4) is 22.5 Å². The van der Waals surface area contributed by atoms with Gasteiger partial charge >= 0.3 is 34.5 Å². The Morgan fingerprint density at radius 3 is 1.65 bits per heavy atom. The molecule has 11 heteroatoms. The molecule has 8 nitrogen and oxygen atoms in total. The van der Waals surface area contributed by atoms with E-state index < -0.39 is 15.1 Å². The molecule has 0 saturated heterocycles. The van der Waals surface area contributed by atoms with Crippen LogP contribution in [0.15, 0.2) is 164 Å². The number of halogens is 2. The number of nitrogens with zero attached hydrogens (tertiary/aromatic N) is 1. The minimum atomic E-state index is -0.931. The Balaban J connectivity index is 0.000000264. The van der Waals surface area contributed by atoms with Crippen LogP contribution in [0.4, 0.5) is 11.4 Å². The number of nitrogens with one attached hydrogen (secondary N) is 3. The number of rotatable bonds is 5. The fourth-order valence-corrected chi connectivity index (χ4v) is 5.49. The molecule has 8 rings (SSSR count). The Kier molecular flexibility index (Phi) is 20.7. The number of aromatic nitrogens is 2. The van der Waals surface area contributed by atoms with Gasteiger partial charge in [-0.05, 0) is 79.4 Å². The number of aromatic amines is 2. The molecule has 6 aromatic carbocycles. The maximum atomic E-state index is 11.0. The van der Waals surface area contributed by atoms with Gasteiger partial charge in [-0.1, -0.05) is 136 Å². The molecule has 2 aromatic heterocycles. The minimum absolute atomic E-state index is 0. The molecule has 0 radical (unpaired) electrons. The number of hydrazine groups is 1. The summed E-state index contributed by atoms with van der Waals surface area (Å²) in [5, 5.41) is 12.9. The van der Waals surface area contributed by atoms with E-state index in [1.54, 1.807) is 13.0 Å². The Bertz CT molecular complexity index is 2400. The molecule has 0 spiro atoms. The predicted molar refractivity (Wildman–Crippen MR) is 239 cm³/mol. The zero-order chi connectivity index (χ0) is 39.6. The van der Waals surface area contributed by atoms with Crippen LogP contribution in [0, 0.1) is 24.0 Å². The average molecular weight is 856 g/mol. The number of fused-ring (bicyclic) bond motifs is 2. The number of hydrogen-bond acceptors (Lipinski definition) is 5. The van der Waals surface area contributed by atoms with Crippen molar-refractivity contribution in [1.29, 1.82) is 0 Å². The van der Waals surface area contributed by atoms with Crippen LogP contribution in [0.25, 0.3) is 44.3 Å². The van der Waals surface area contributed by atoms with E-state index in [0.717, 1.165) is 28.0 Å². The number of benzene rings is 6. The summed E-state index contributed by atoms with van der Waals surface area (Å²) < 4.78 is 0. The summed E-state index contributed by atoms with van der Waals surface area (Å²) in [5.74, 6) is 5.29. The molecule has 2 heterocycles. The molecule has 0 aliphatic carbocycles. The van der Waals surface area contributed by atoms with Crippen LogP contribution in [0.5, 0.6) is 0 Å². The van der Waals surface area contributed by atoms with E-state index in [4.69, 9.17) is 25.2 Å². The summed E-state index contributed by atoms with van der Waals surface area (Å²) in [6, 6.07) is 52.8. The molecule has 0 unspecified atom stereocenters. The number of non-ortho nitro benzene ring substituents is 1. The number of H-pyrrole nitrogens is 2. The summed E-state index contributed by atoms with van der Waals surface area (Å²) in [5.41, 5.74) is 13.2. The standard InChI is InChI=1S/C15H13N.C14H10N2O2.C8H8O.C7H10N2.2CH4.2ClH.Zn/c1-11-7-8-13-10-15(16-14(13)9-11)12-5-3-2-4-6-12;17-16(18)14-8-4-7-12-11(14)9-13(15-12)10-5-2-1-3-6-10;1-7(9)8-5-3-2-4-6-8;1-6-3-2-4-7(5-6)9-8;;;;;/h2-10,16H,1H3;1-9,15H;2-6H,1H3;2-5,9H,8H2,1H3;2*1H4;2*1H;/q;;;;;;;;+2/p-2. The first-order valence-corrected chi connectivity index (χ1v) is 25.1. The van der Waals surface area contributed by atoms with E-state index in [9.17, 15) is 14.9 Å². The number of nitro groups is 1. The third-order valence-electron chi connectivity index (χ3n) is 8.15. The molecule has 0 atom stereocenters.